The van der Waals surface area contributed by atoms with E-state index < -0.39 is 0 Å². The summed E-state index contributed by atoms with van der Waals surface area (Å²) in [5, 5.41) is 1.01. The molecule has 1 unspecified atom stereocenters. The van der Waals surface area contributed by atoms with E-state index >= 15 is 0 Å². The first-order chi connectivity index (χ1) is 8.27. The molecule has 0 bridgehead atoms. The summed E-state index contributed by atoms with van der Waals surface area (Å²) in [5.41, 5.74) is 2.30. The van der Waals surface area contributed by atoms with Crippen LogP contribution >= 0.6 is 9.24 Å². The number of benzene rings is 2. The molecule has 0 aliphatic carbocycles. The summed E-state index contributed by atoms with van der Waals surface area (Å²) < 4.78 is 10.7. The zero-order chi connectivity index (χ0) is 12.3. The molecule has 2 aromatic carbocycles. The second-order valence-corrected chi connectivity index (χ2v) is 4.21. The molecule has 2 rings (SSSR count). The Morgan fingerprint density at radius 1 is 0.882 bits per heavy atom. The van der Waals surface area contributed by atoms with Gasteiger partial charge in [0.05, 0.1) is 14.2 Å². The molecule has 0 heterocycles. The number of methoxy groups -OCH3 is 2. The molecule has 0 aromatic heterocycles. The fourth-order valence-corrected chi connectivity index (χ4v) is 2.34. The van der Waals surface area contributed by atoms with Gasteiger partial charge in [-0.15, -0.1) is 9.24 Å². The van der Waals surface area contributed by atoms with E-state index in [1.165, 1.54) is 5.56 Å². The van der Waals surface area contributed by atoms with Crippen LogP contribution in [0.3, 0.4) is 0 Å². The highest BCUT2D eigenvalue weighted by molar-refractivity contribution is 7.28. The minimum atomic E-state index is 0.747. The fraction of sp³-hybridized carbons (Fsp3) is 0.143. The lowest BCUT2D eigenvalue weighted by atomic mass is 10.1. The summed E-state index contributed by atoms with van der Waals surface area (Å²) in [6, 6.07) is 14.2. The molecule has 0 saturated heterocycles. The number of ether oxygens (including phenoxy) is 2. The SMILES string of the molecule is COc1ccc(-c2ccccc2)c(P)c1OC. The molecule has 2 nitrogen and oxygen atoms in total. The third-order valence-corrected chi connectivity index (χ3v) is 3.24. The maximum absolute atomic E-state index is 5.38. The quantitative estimate of drug-likeness (QED) is 0.775. The van der Waals surface area contributed by atoms with Gasteiger partial charge in [-0.05, 0) is 23.3 Å². The van der Waals surface area contributed by atoms with Crippen molar-refractivity contribution in [3.63, 3.8) is 0 Å². The van der Waals surface area contributed by atoms with E-state index in [9.17, 15) is 0 Å². The molecule has 0 aliphatic heterocycles. The van der Waals surface area contributed by atoms with Crippen LogP contribution in [0, 0.1) is 0 Å². The van der Waals surface area contributed by atoms with Crippen molar-refractivity contribution in [1.82, 2.24) is 0 Å². The van der Waals surface area contributed by atoms with Gasteiger partial charge < -0.3 is 9.47 Å². The van der Waals surface area contributed by atoms with E-state index in [0.717, 1.165) is 22.4 Å². The van der Waals surface area contributed by atoms with Gasteiger partial charge in [-0.3, -0.25) is 0 Å². The zero-order valence-corrected chi connectivity index (χ0v) is 11.1. The standard InChI is InChI=1S/C14H15O2P/c1-15-12-9-8-11(14(17)13(12)16-2)10-6-4-3-5-7-10/h3-9H,17H2,1-2H3. The van der Waals surface area contributed by atoms with Gasteiger partial charge in [0.2, 0.25) is 0 Å². The summed E-state index contributed by atoms with van der Waals surface area (Å²) in [7, 11) is 6.02. The van der Waals surface area contributed by atoms with Crippen molar-refractivity contribution < 1.29 is 9.47 Å². The van der Waals surface area contributed by atoms with Gasteiger partial charge in [0.25, 0.3) is 0 Å². The Balaban J connectivity index is 2.57. The Kier molecular flexibility index (Phi) is 3.65. The van der Waals surface area contributed by atoms with Crippen LogP contribution in [0.25, 0.3) is 11.1 Å². The van der Waals surface area contributed by atoms with E-state index in [0.29, 0.717) is 0 Å². The summed E-state index contributed by atoms with van der Waals surface area (Å²) >= 11 is 0. The van der Waals surface area contributed by atoms with Gasteiger partial charge in [-0.2, -0.15) is 0 Å². The van der Waals surface area contributed by atoms with Gasteiger partial charge >= 0.3 is 0 Å². The van der Waals surface area contributed by atoms with Crippen LogP contribution in [0.15, 0.2) is 42.5 Å². The maximum atomic E-state index is 5.38. The van der Waals surface area contributed by atoms with Crippen LogP contribution in [0.2, 0.25) is 0 Å². The Labute approximate surface area is 104 Å². The van der Waals surface area contributed by atoms with Gasteiger partial charge in [-0.1, -0.05) is 30.3 Å². The third-order valence-electron chi connectivity index (χ3n) is 2.67. The topological polar surface area (TPSA) is 18.5 Å². The smallest absolute Gasteiger partial charge is 0.168 e. The van der Waals surface area contributed by atoms with Crippen molar-refractivity contribution in [1.29, 1.82) is 0 Å². The molecule has 0 spiro atoms. The van der Waals surface area contributed by atoms with Crippen LogP contribution < -0.4 is 14.8 Å². The number of hydrogen-bond donors (Lipinski definition) is 0. The molecule has 0 amide bonds. The Hall–Kier alpha value is -1.53. The molecule has 0 N–H and O–H groups in total. The molecule has 88 valence electrons. The van der Waals surface area contributed by atoms with Crippen LogP contribution in [0.4, 0.5) is 0 Å². The van der Waals surface area contributed by atoms with Crippen LogP contribution in [-0.2, 0) is 0 Å². The van der Waals surface area contributed by atoms with Gasteiger partial charge in [-0.25, -0.2) is 0 Å². The Morgan fingerprint density at radius 2 is 1.59 bits per heavy atom. The van der Waals surface area contributed by atoms with E-state index in [1.807, 2.05) is 30.3 Å². The van der Waals surface area contributed by atoms with Crippen molar-refractivity contribution in [2.45, 2.75) is 0 Å². The summed E-state index contributed by atoms with van der Waals surface area (Å²) in [6.07, 6.45) is 0. The van der Waals surface area contributed by atoms with Crippen LogP contribution in [0.1, 0.15) is 0 Å². The van der Waals surface area contributed by atoms with Crippen molar-refractivity contribution in [3.05, 3.63) is 42.5 Å². The number of rotatable bonds is 3. The molecule has 0 aliphatic rings. The monoisotopic (exact) mass is 246 g/mol. The first-order valence-corrected chi connectivity index (χ1v) is 5.91. The highest BCUT2D eigenvalue weighted by Gasteiger charge is 2.12. The Morgan fingerprint density at radius 3 is 2.18 bits per heavy atom. The van der Waals surface area contributed by atoms with Crippen LogP contribution in [-0.4, -0.2) is 14.2 Å². The predicted octanol–water partition coefficient (Wildman–Crippen LogP) is 2.87. The maximum Gasteiger partial charge on any atom is 0.168 e. The lowest BCUT2D eigenvalue weighted by Crippen LogP contribution is -2.04. The molecule has 17 heavy (non-hydrogen) atoms. The van der Waals surface area contributed by atoms with Crippen molar-refractivity contribution in [2.24, 2.45) is 0 Å². The molecule has 2 aromatic rings. The Bertz CT molecular complexity index is 509. The molecule has 1 atom stereocenters. The summed E-state index contributed by atoms with van der Waals surface area (Å²) in [6.45, 7) is 0. The first-order valence-electron chi connectivity index (χ1n) is 5.33. The molecule has 3 heteroatoms. The second-order valence-electron chi connectivity index (χ2n) is 3.63. The molecule has 0 fully saturated rings. The molecule has 0 radical (unpaired) electrons. The second kappa shape index (κ2) is 5.20. The van der Waals surface area contributed by atoms with E-state index in [1.54, 1.807) is 14.2 Å². The average molecular weight is 246 g/mol. The fourth-order valence-electron chi connectivity index (χ4n) is 1.82. The first kappa shape index (κ1) is 11.9. The minimum absolute atomic E-state index is 0.747. The van der Waals surface area contributed by atoms with Crippen LogP contribution in [0.5, 0.6) is 11.5 Å². The van der Waals surface area contributed by atoms with Gasteiger partial charge in [0, 0.05) is 5.30 Å². The molecule has 0 saturated carbocycles. The largest absolute Gasteiger partial charge is 0.493 e. The average Bonchev–Trinajstić information content (AvgIpc) is 2.39. The van der Waals surface area contributed by atoms with E-state index in [-0.39, 0.29) is 0 Å². The van der Waals surface area contributed by atoms with Crippen molar-refractivity contribution in [2.75, 3.05) is 14.2 Å². The normalized spacial score (nSPS) is 10.1. The predicted molar refractivity (Wildman–Crippen MR) is 74.3 cm³/mol. The van der Waals surface area contributed by atoms with Crippen molar-refractivity contribution >= 4 is 14.5 Å². The van der Waals surface area contributed by atoms with E-state index in [2.05, 4.69) is 21.4 Å². The van der Waals surface area contributed by atoms with Gasteiger partial charge in [0.1, 0.15) is 0 Å². The minimum Gasteiger partial charge on any atom is -0.493 e. The van der Waals surface area contributed by atoms with Gasteiger partial charge in [0.15, 0.2) is 11.5 Å². The number of hydrogen-bond acceptors (Lipinski definition) is 2. The van der Waals surface area contributed by atoms with Crippen molar-refractivity contribution in [3.8, 4) is 22.6 Å². The highest BCUT2D eigenvalue weighted by Crippen LogP contribution is 2.31. The molecular weight excluding hydrogens is 231 g/mol. The summed E-state index contributed by atoms with van der Waals surface area (Å²) in [4.78, 5) is 0. The van der Waals surface area contributed by atoms with E-state index in [4.69, 9.17) is 9.47 Å². The summed E-state index contributed by atoms with van der Waals surface area (Å²) in [5.74, 6) is 1.51. The zero-order valence-electron chi connectivity index (χ0n) is 9.94. The lowest BCUT2D eigenvalue weighted by molar-refractivity contribution is 0.357. The lowest BCUT2D eigenvalue weighted by Gasteiger charge is -2.14. The highest BCUT2D eigenvalue weighted by atomic mass is 31.0. The third kappa shape index (κ3) is 2.27. The molecular formula is C14H15O2P.